The molecule has 0 heteroatoms. The van der Waals surface area contributed by atoms with Gasteiger partial charge in [-0.3, -0.25) is 0 Å². The second kappa shape index (κ2) is 6.61. The zero-order chi connectivity index (χ0) is 18.3. The van der Waals surface area contributed by atoms with Crippen LogP contribution in [0.5, 0.6) is 0 Å². The lowest BCUT2D eigenvalue weighted by atomic mass is 9.84. The highest BCUT2D eigenvalue weighted by Crippen LogP contribution is 2.41. The summed E-state index contributed by atoms with van der Waals surface area (Å²) in [6.07, 6.45) is 2.28. The number of hydrogen-bond donors (Lipinski definition) is 0. The van der Waals surface area contributed by atoms with Crippen LogP contribution in [0.3, 0.4) is 0 Å². The Morgan fingerprint density at radius 3 is 2.08 bits per heavy atom. The molecule has 0 atom stereocenters. The average molecular weight is 338 g/mol. The fourth-order valence-electron chi connectivity index (χ4n) is 4.42. The molecule has 0 amide bonds. The van der Waals surface area contributed by atoms with Crippen LogP contribution in [0.4, 0.5) is 0 Å². The molecule has 0 aliphatic rings. The molecule has 4 rings (SSSR count). The van der Waals surface area contributed by atoms with Crippen LogP contribution in [0.1, 0.15) is 35.6 Å². The fraction of sp³-hybridized carbons (Fsp3) is 0.231. The van der Waals surface area contributed by atoms with Crippen molar-refractivity contribution in [1.82, 2.24) is 0 Å². The highest BCUT2D eigenvalue weighted by atomic mass is 14.2. The van der Waals surface area contributed by atoms with Crippen molar-refractivity contribution in [3.8, 4) is 11.1 Å². The van der Waals surface area contributed by atoms with Crippen molar-refractivity contribution in [2.45, 2.75) is 40.5 Å². The molecule has 0 saturated carbocycles. The molecule has 130 valence electrons. The maximum absolute atomic E-state index is 2.34. The molecule has 0 fully saturated rings. The first kappa shape index (κ1) is 16.8. The molecular formula is C26H26. The highest BCUT2D eigenvalue weighted by molar-refractivity contribution is 6.11. The second-order valence-corrected chi connectivity index (χ2v) is 7.39. The topological polar surface area (TPSA) is 0 Å². The summed E-state index contributed by atoms with van der Waals surface area (Å²) in [6.45, 7) is 9.03. The molecule has 0 spiro atoms. The molecule has 0 unspecified atom stereocenters. The molecule has 4 aromatic rings. The predicted octanol–water partition coefficient (Wildman–Crippen LogP) is 7.54. The largest absolute Gasteiger partial charge is 0.0651 e. The van der Waals surface area contributed by atoms with Gasteiger partial charge in [-0.1, -0.05) is 74.0 Å². The first-order valence-corrected chi connectivity index (χ1v) is 9.63. The molecule has 0 aliphatic carbocycles. The number of aryl methyl sites for hydroxylation is 4. The minimum absolute atomic E-state index is 1.12. The average Bonchev–Trinajstić information content (AvgIpc) is 2.66. The Labute approximate surface area is 156 Å². The van der Waals surface area contributed by atoms with Crippen molar-refractivity contribution >= 4 is 21.5 Å². The van der Waals surface area contributed by atoms with Gasteiger partial charge in [0.25, 0.3) is 0 Å². The molecule has 26 heavy (non-hydrogen) atoms. The van der Waals surface area contributed by atoms with Crippen LogP contribution in [0.15, 0.2) is 60.7 Å². The van der Waals surface area contributed by atoms with Gasteiger partial charge < -0.3 is 0 Å². The van der Waals surface area contributed by atoms with Gasteiger partial charge in [-0.2, -0.15) is 0 Å². The molecular weight excluding hydrogens is 312 g/mol. The molecule has 0 bridgehead atoms. The Bertz CT molecular complexity index is 1120. The van der Waals surface area contributed by atoms with Crippen LogP contribution < -0.4 is 0 Å². The fourth-order valence-corrected chi connectivity index (χ4v) is 4.42. The number of benzene rings is 4. The number of rotatable bonds is 3. The summed E-state index contributed by atoms with van der Waals surface area (Å²) < 4.78 is 0. The van der Waals surface area contributed by atoms with E-state index in [-0.39, 0.29) is 0 Å². The van der Waals surface area contributed by atoms with Gasteiger partial charge in [-0.25, -0.2) is 0 Å². The van der Waals surface area contributed by atoms with E-state index in [0.29, 0.717) is 0 Å². The van der Waals surface area contributed by atoms with E-state index in [9.17, 15) is 0 Å². The lowest BCUT2D eigenvalue weighted by Gasteiger charge is -2.20. The minimum Gasteiger partial charge on any atom is -0.0651 e. The molecule has 0 aliphatic heterocycles. The zero-order valence-corrected chi connectivity index (χ0v) is 16.2. The van der Waals surface area contributed by atoms with Crippen LogP contribution in [-0.2, 0) is 6.42 Å². The number of hydrogen-bond acceptors (Lipinski definition) is 0. The van der Waals surface area contributed by atoms with E-state index in [1.807, 2.05) is 0 Å². The Morgan fingerprint density at radius 2 is 1.35 bits per heavy atom. The van der Waals surface area contributed by atoms with Gasteiger partial charge in [0.1, 0.15) is 0 Å². The van der Waals surface area contributed by atoms with E-state index >= 15 is 0 Å². The van der Waals surface area contributed by atoms with Gasteiger partial charge in [0.15, 0.2) is 0 Å². The molecule has 0 N–H and O–H groups in total. The third kappa shape index (κ3) is 2.52. The Kier molecular flexibility index (Phi) is 4.28. The van der Waals surface area contributed by atoms with Gasteiger partial charge in [0.2, 0.25) is 0 Å². The summed E-state index contributed by atoms with van der Waals surface area (Å²) in [6, 6.07) is 22.3. The number of fused-ring (bicyclic) bond motifs is 2. The molecule has 0 saturated heterocycles. The third-order valence-electron chi connectivity index (χ3n) is 5.68. The van der Waals surface area contributed by atoms with Crippen LogP contribution in [0.2, 0.25) is 0 Å². The van der Waals surface area contributed by atoms with Gasteiger partial charge >= 0.3 is 0 Å². The van der Waals surface area contributed by atoms with Crippen molar-refractivity contribution in [1.29, 1.82) is 0 Å². The Balaban J connectivity index is 2.24. The monoisotopic (exact) mass is 338 g/mol. The highest BCUT2D eigenvalue weighted by Gasteiger charge is 2.17. The van der Waals surface area contributed by atoms with E-state index in [4.69, 9.17) is 0 Å². The predicted molar refractivity (Wildman–Crippen MR) is 115 cm³/mol. The van der Waals surface area contributed by atoms with E-state index in [1.165, 1.54) is 54.9 Å². The second-order valence-electron chi connectivity index (χ2n) is 7.39. The molecule has 0 radical (unpaired) electrons. The zero-order valence-electron chi connectivity index (χ0n) is 16.2. The summed E-state index contributed by atoms with van der Waals surface area (Å²) in [5.74, 6) is 0. The summed E-state index contributed by atoms with van der Waals surface area (Å²) in [5.41, 5.74) is 8.36. The van der Waals surface area contributed by atoms with E-state index in [0.717, 1.165) is 12.8 Å². The molecule has 0 heterocycles. The maximum atomic E-state index is 2.34. The van der Waals surface area contributed by atoms with Gasteiger partial charge in [-0.05, 0) is 82.1 Å². The van der Waals surface area contributed by atoms with Crippen molar-refractivity contribution in [2.75, 3.05) is 0 Å². The van der Waals surface area contributed by atoms with Crippen LogP contribution in [-0.4, -0.2) is 0 Å². The SMILES string of the molecule is CCCc1c2ccccc2c(C)c2c(-c3ccccc3C)c(C)ccc12. The first-order chi connectivity index (χ1) is 12.6. The van der Waals surface area contributed by atoms with Gasteiger partial charge in [-0.15, -0.1) is 0 Å². The van der Waals surface area contributed by atoms with Gasteiger partial charge in [0, 0.05) is 0 Å². The van der Waals surface area contributed by atoms with Crippen molar-refractivity contribution in [3.63, 3.8) is 0 Å². The quantitative estimate of drug-likeness (QED) is 0.338. The normalized spacial score (nSPS) is 11.4. The summed E-state index contributed by atoms with van der Waals surface area (Å²) in [5, 5.41) is 5.66. The van der Waals surface area contributed by atoms with E-state index in [1.54, 1.807) is 0 Å². The minimum atomic E-state index is 1.12. The standard InChI is InChI=1S/C26H26/c1-5-10-22-23-14-9-8-13-21(23)19(4)26-24(22)16-15-18(3)25(26)20-12-7-6-11-17(20)2/h6-9,11-16H,5,10H2,1-4H3. The van der Waals surface area contributed by atoms with Crippen LogP contribution >= 0.6 is 0 Å². The van der Waals surface area contributed by atoms with E-state index < -0.39 is 0 Å². The van der Waals surface area contributed by atoms with E-state index in [2.05, 4.69) is 88.4 Å². The summed E-state index contributed by atoms with van der Waals surface area (Å²) >= 11 is 0. The van der Waals surface area contributed by atoms with Crippen LogP contribution in [0.25, 0.3) is 32.7 Å². The Hall–Kier alpha value is -2.60. The molecule has 4 aromatic carbocycles. The van der Waals surface area contributed by atoms with Crippen molar-refractivity contribution in [3.05, 3.63) is 82.9 Å². The lowest BCUT2D eigenvalue weighted by molar-refractivity contribution is 0.936. The molecule has 0 nitrogen and oxygen atoms in total. The third-order valence-corrected chi connectivity index (χ3v) is 5.68. The van der Waals surface area contributed by atoms with Crippen LogP contribution in [0, 0.1) is 20.8 Å². The summed E-state index contributed by atoms with van der Waals surface area (Å²) in [4.78, 5) is 0. The smallest absolute Gasteiger partial charge is 0.00642 e. The lowest BCUT2D eigenvalue weighted by Crippen LogP contribution is -1.97. The Morgan fingerprint density at radius 1 is 0.654 bits per heavy atom. The summed E-state index contributed by atoms with van der Waals surface area (Å²) in [7, 11) is 0. The first-order valence-electron chi connectivity index (χ1n) is 9.63. The van der Waals surface area contributed by atoms with Crippen molar-refractivity contribution < 1.29 is 0 Å². The van der Waals surface area contributed by atoms with Crippen molar-refractivity contribution in [2.24, 2.45) is 0 Å². The maximum Gasteiger partial charge on any atom is -0.00642 e. The van der Waals surface area contributed by atoms with Gasteiger partial charge in [0.05, 0.1) is 0 Å². The molecule has 0 aromatic heterocycles.